The van der Waals surface area contributed by atoms with Crippen LogP contribution in [0.1, 0.15) is 26.6 Å². The van der Waals surface area contributed by atoms with Crippen LogP contribution in [0.15, 0.2) is 17.8 Å². The molecule has 94 valence electrons. The van der Waals surface area contributed by atoms with Crippen molar-refractivity contribution in [2.75, 3.05) is 0 Å². The smallest absolute Gasteiger partial charge is 0.254 e. The SMILES string of the molecule is Cc1cc(Cl)c(C(=O)NCc2scnc2C)cn1. The third kappa shape index (κ3) is 2.86. The lowest BCUT2D eigenvalue weighted by Crippen LogP contribution is -2.23. The minimum absolute atomic E-state index is 0.222. The summed E-state index contributed by atoms with van der Waals surface area (Å²) in [6.07, 6.45) is 1.49. The summed E-state index contributed by atoms with van der Waals surface area (Å²) in [6.45, 7) is 4.20. The van der Waals surface area contributed by atoms with Crippen molar-refractivity contribution in [2.45, 2.75) is 20.4 Å². The van der Waals surface area contributed by atoms with E-state index in [9.17, 15) is 4.79 Å². The second kappa shape index (κ2) is 5.46. The van der Waals surface area contributed by atoms with E-state index in [0.29, 0.717) is 17.1 Å². The van der Waals surface area contributed by atoms with Gasteiger partial charge >= 0.3 is 0 Å². The van der Waals surface area contributed by atoms with Gasteiger partial charge in [-0.25, -0.2) is 4.98 Å². The van der Waals surface area contributed by atoms with E-state index in [1.54, 1.807) is 11.6 Å². The Balaban J connectivity index is 2.06. The van der Waals surface area contributed by atoms with Gasteiger partial charge in [0.2, 0.25) is 0 Å². The third-order valence-electron chi connectivity index (χ3n) is 2.49. The van der Waals surface area contributed by atoms with E-state index in [4.69, 9.17) is 11.6 Å². The van der Waals surface area contributed by atoms with Crippen LogP contribution in [0, 0.1) is 13.8 Å². The number of nitrogens with zero attached hydrogens (tertiary/aromatic N) is 2. The largest absolute Gasteiger partial charge is 0.347 e. The molecular weight excluding hydrogens is 270 g/mol. The number of carbonyl (C=O) groups is 1. The summed E-state index contributed by atoms with van der Waals surface area (Å²) in [6, 6.07) is 1.68. The summed E-state index contributed by atoms with van der Waals surface area (Å²) < 4.78 is 0. The van der Waals surface area contributed by atoms with Crippen LogP contribution in [0.5, 0.6) is 0 Å². The number of aromatic nitrogens is 2. The van der Waals surface area contributed by atoms with Crippen molar-refractivity contribution in [1.82, 2.24) is 15.3 Å². The van der Waals surface area contributed by atoms with Gasteiger partial charge < -0.3 is 5.32 Å². The minimum Gasteiger partial charge on any atom is -0.347 e. The molecule has 0 fully saturated rings. The number of hydrogen-bond acceptors (Lipinski definition) is 4. The van der Waals surface area contributed by atoms with E-state index in [1.165, 1.54) is 17.5 Å². The molecule has 18 heavy (non-hydrogen) atoms. The lowest BCUT2D eigenvalue weighted by atomic mass is 10.2. The Morgan fingerprint density at radius 3 is 2.83 bits per heavy atom. The molecule has 0 aromatic carbocycles. The maximum absolute atomic E-state index is 11.9. The van der Waals surface area contributed by atoms with Crippen LogP contribution < -0.4 is 5.32 Å². The van der Waals surface area contributed by atoms with Crippen LogP contribution in [-0.2, 0) is 6.54 Å². The van der Waals surface area contributed by atoms with Crippen LogP contribution in [0.25, 0.3) is 0 Å². The summed E-state index contributed by atoms with van der Waals surface area (Å²) in [4.78, 5) is 21.2. The van der Waals surface area contributed by atoms with Crippen molar-refractivity contribution in [1.29, 1.82) is 0 Å². The van der Waals surface area contributed by atoms with Crippen molar-refractivity contribution in [2.24, 2.45) is 0 Å². The van der Waals surface area contributed by atoms with E-state index in [2.05, 4.69) is 15.3 Å². The summed E-state index contributed by atoms with van der Waals surface area (Å²) >= 11 is 7.52. The van der Waals surface area contributed by atoms with Crippen molar-refractivity contribution in [3.05, 3.63) is 44.6 Å². The monoisotopic (exact) mass is 281 g/mol. The van der Waals surface area contributed by atoms with Gasteiger partial charge in [0.05, 0.1) is 28.3 Å². The fraction of sp³-hybridized carbons (Fsp3) is 0.250. The Morgan fingerprint density at radius 1 is 1.44 bits per heavy atom. The molecular formula is C12H12ClN3OS. The number of carbonyl (C=O) groups excluding carboxylic acids is 1. The van der Waals surface area contributed by atoms with Crippen LogP contribution in [0.4, 0.5) is 0 Å². The maximum Gasteiger partial charge on any atom is 0.254 e. The second-order valence-electron chi connectivity index (χ2n) is 3.85. The molecule has 0 atom stereocenters. The molecule has 2 heterocycles. The molecule has 2 rings (SSSR count). The molecule has 0 saturated heterocycles. The zero-order chi connectivity index (χ0) is 13.1. The molecule has 0 radical (unpaired) electrons. The Labute approximate surface area is 114 Å². The molecule has 0 aliphatic heterocycles. The maximum atomic E-state index is 11.9. The molecule has 0 unspecified atom stereocenters. The molecule has 0 spiro atoms. The topological polar surface area (TPSA) is 54.9 Å². The highest BCUT2D eigenvalue weighted by molar-refractivity contribution is 7.09. The lowest BCUT2D eigenvalue weighted by Gasteiger charge is -2.06. The Hall–Kier alpha value is -1.46. The van der Waals surface area contributed by atoms with Gasteiger partial charge in [-0.2, -0.15) is 0 Å². The molecule has 2 aromatic rings. The number of aryl methyl sites for hydroxylation is 2. The molecule has 1 N–H and O–H groups in total. The van der Waals surface area contributed by atoms with Gasteiger partial charge in [0.25, 0.3) is 5.91 Å². The van der Waals surface area contributed by atoms with E-state index in [0.717, 1.165) is 16.3 Å². The lowest BCUT2D eigenvalue weighted by molar-refractivity contribution is 0.0951. The van der Waals surface area contributed by atoms with E-state index >= 15 is 0 Å². The fourth-order valence-electron chi connectivity index (χ4n) is 1.45. The molecule has 0 bridgehead atoms. The first-order valence-electron chi connectivity index (χ1n) is 5.37. The number of halogens is 1. The third-order valence-corrected chi connectivity index (χ3v) is 3.74. The van der Waals surface area contributed by atoms with E-state index in [-0.39, 0.29) is 5.91 Å². The number of hydrogen-bond donors (Lipinski definition) is 1. The summed E-state index contributed by atoms with van der Waals surface area (Å²) in [5, 5.41) is 3.23. The molecule has 2 aromatic heterocycles. The Bertz CT molecular complexity index is 582. The van der Waals surface area contributed by atoms with Gasteiger partial charge in [-0.3, -0.25) is 9.78 Å². The van der Waals surface area contributed by atoms with Gasteiger partial charge in [0.1, 0.15) is 0 Å². The highest BCUT2D eigenvalue weighted by Gasteiger charge is 2.11. The standard InChI is InChI=1S/C12H12ClN3OS/c1-7-3-10(13)9(4-14-7)12(17)15-5-11-8(2)16-6-18-11/h3-4,6H,5H2,1-2H3,(H,15,17). The van der Waals surface area contributed by atoms with Crippen LogP contribution in [0.3, 0.4) is 0 Å². The summed E-state index contributed by atoms with van der Waals surface area (Å²) in [7, 11) is 0. The van der Waals surface area contributed by atoms with Crippen molar-refractivity contribution in [3.8, 4) is 0 Å². The molecule has 1 amide bonds. The number of thiazole rings is 1. The number of nitrogens with one attached hydrogen (secondary N) is 1. The van der Waals surface area contributed by atoms with Crippen molar-refractivity contribution in [3.63, 3.8) is 0 Å². The molecule has 4 nitrogen and oxygen atoms in total. The van der Waals surface area contributed by atoms with Crippen LogP contribution in [0.2, 0.25) is 5.02 Å². The van der Waals surface area contributed by atoms with Crippen LogP contribution in [-0.4, -0.2) is 15.9 Å². The van der Waals surface area contributed by atoms with Gasteiger partial charge in [-0.1, -0.05) is 11.6 Å². The quantitative estimate of drug-likeness (QED) is 0.941. The van der Waals surface area contributed by atoms with Crippen molar-refractivity contribution >= 4 is 28.8 Å². The van der Waals surface area contributed by atoms with Gasteiger partial charge in [0.15, 0.2) is 0 Å². The highest BCUT2D eigenvalue weighted by Crippen LogP contribution is 2.16. The predicted molar refractivity (Wildman–Crippen MR) is 72.0 cm³/mol. The van der Waals surface area contributed by atoms with Crippen molar-refractivity contribution < 1.29 is 4.79 Å². The Morgan fingerprint density at radius 2 is 2.22 bits per heavy atom. The first kappa shape index (κ1) is 13.0. The number of pyridine rings is 1. The number of amides is 1. The van der Waals surface area contributed by atoms with Gasteiger partial charge in [-0.15, -0.1) is 11.3 Å². The van der Waals surface area contributed by atoms with E-state index < -0.39 is 0 Å². The normalized spacial score (nSPS) is 10.4. The van der Waals surface area contributed by atoms with Gasteiger partial charge in [-0.05, 0) is 19.9 Å². The number of rotatable bonds is 3. The Kier molecular flexibility index (Phi) is 3.93. The second-order valence-corrected chi connectivity index (χ2v) is 5.20. The zero-order valence-electron chi connectivity index (χ0n) is 10.0. The minimum atomic E-state index is -0.222. The highest BCUT2D eigenvalue weighted by atomic mass is 35.5. The average Bonchev–Trinajstić information content (AvgIpc) is 2.72. The van der Waals surface area contributed by atoms with Crippen LogP contribution >= 0.6 is 22.9 Å². The molecule has 0 saturated carbocycles. The first-order valence-corrected chi connectivity index (χ1v) is 6.63. The zero-order valence-corrected chi connectivity index (χ0v) is 11.6. The van der Waals surface area contributed by atoms with Gasteiger partial charge in [0, 0.05) is 16.8 Å². The summed E-state index contributed by atoms with van der Waals surface area (Å²) in [5.74, 6) is -0.222. The molecule has 0 aliphatic carbocycles. The summed E-state index contributed by atoms with van der Waals surface area (Å²) in [5.41, 5.74) is 3.88. The van der Waals surface area contributed by atoms with E-state index in [1.807, 2.05) is 13.8 Å². The molecule has 0 aliphatic rings. The first-order chi connectivity index (χ1) is 8.58. The predicted octanol–water partition coefficient (Wildman–Crippen LogP) is 2.74. The average molecular weight is 282 g/mol. The molecule has 6 heteroatoms. The fourth-order valence-corrected chi connectivity index (χ4v) is 2.45.